The second kappa shape index (κ2) is 11.0. The predicted molar refractivity (Wildman–Crippen MR) is 137 cm³/mol. The maximum atomic E-state index is 13.5. The van der Waals surface area contributed by atoms with E-state index in [9.17, 15) is 14.4 Å². The molecule has 3 rings (SSSR count). The lowest BCUT2D eigenvalue weighted by atomic mass is 9.99. The van der Waals surface area contributed by atoms with Crippen LogP contribution in [-0.2, 0) is 4.74 Å². The molecule has 0 spiro atoms. The Balaban J connectivity index is 1.98. The molecule has 9 heteroatoms. The number of pyridine rings is 1. The molecule has 0 saturated heterocycles. The zero-order valence-corrected chi connectivity index (χ0v) is 22.1. The molecule has 3 amide bonds. The fourth-order valence-corrected chi connectivity index (χ4v) is 3.89. The fraction of sp³-hybridized carbons (Fsp3) is 0.481. The van der Waals surface area contributed by atoms with Crippen LogP contribution < -0.4 is 10.1 Å². The topological polar surface area (TPSA) is 101 Å². The third-order valence-electron chi connectivity index (χ3n) is 5.82. The summed E-state index contributed by atoms with van der Waals surface area (Å²) in [4.78, 5) is 46.4. The molecule has 0 radical (unpaired) electrons. The van der Waals surface area contributed by atoms with E-state index in [1.165, 1.54) is 11.1 Å². The van der Waals surface area contributed by atoms with Gasteiger partial charge < -0.3 is 24.6 Å². The summed E-state index contributed by atoms with van der Waals surface area (Å²) in [6, 6.07) is 10.1. The number of para-hydroxylation sites is 1. The Morgan fingerprint density at radius 3 is 2.56 bits per heavy atom. The monoisotopic (exact) mass is 496 g/mol. The van der Waals surface area contributed by atoms with Gasteiger partial charge in [-0.2, -0.15) is 0 Å². The predicted octanol–water partition coefficient (Wildman–Crippen LogP) is 4.45. The van der Waals surface area contributed by atoms with Crippen molar-refractivity contribution in [2.45, 2.75) is 59.3 Å². The van der Waals surface area contributed by atoms with Gasteiger partial charge in [0.15, 0.2) is 5.75 Å². The van der Waals surface area contributed by atoms with Gasteiger partial charge in [0, 0.05) is 31.7 Å². The van der Waals surface area contributed by atoms with E-state index in [1.54, 1.807) is 48.3 Å². The molecule has 0 fully saturated rings. The highest BCUT2D eigenvalue weighted by molar-refractivity contribution is 6.06. The molecule has 9 nitrogen and oxygen atoms in total. The van der Waals surface area contributed by atoms with Crippen LogP contribution in [-0.4, -0.2) is 70.6 Å². The summed E-state index contributed by atoms with van der Waals surface area (Å²) in [5.41, 5.74) is 0.319. The minimum absolute atomic E-state index is 0.0538. The van der Waals surface area contributed by atoms with Crippen molar-refractivity contribution in [3.05, 3.63) is 53.9 Å². The van der Waals surface area contributed by atoms with Gasteiger partial charge in [0.2, 0.25) is 0 Å². The third kappa shape index (κ3) is 6.53. The average molecular weight is 497 g/mol. The number of benzene rings is 1. The van der Waals surface area contributed by atoms with E-state index in [2.05, 4.69) is 10.3 Å². The Bertz CT molecular complexity index is 1100. The molecule has 1 aliphatic heterocycles. The number of anilines is 1. The first-order valence-corrected chi connectivity index (χ1v) is 12.1. The van der Waals surface area contributed by atoms with Crippen LogP contribution in [0.25, 0.3) is 0 Å². The van der Waals surface area contributed by atoms with Crippen LogP contribution in [0.4, 0.5) is 10.5 Å². The lowest BCUT2D eigenvalue weighted by Crippen LogP contribution is -2.49. The van der Waals surface area contributed by atoms with Crippen molar-refractivity contribution in [2.24, 2.45) is 5.92 Å². The smallest absolute Gasteiger partial charge is 0.410 e. The summed E-state index contributed by atoms with van der Waals surface area (Å²) in [7, 11) is 1.66. The number of nitrogens with zero attached hydrogens (tertiary/aromatic N) is 3. The molecule has 0 bridgehead atoms. The van der Waals surface area contributed by atoms with Crippen LogP contribution in [0.2, 0.25) is 0 Å². The van der Waals surface area contributed by atoms with E-state index in [1.807, 2.05) is 41.5 Å². The van der Waals surface area contributed by atoms with Crippen LogP contribution in [0.15, 0.2) is 42.6 Å². The van der Waals surface area contributed by atoms with E-state index in [-0.39, 0.29) is 35.9 Å². The van der Waals surface area contributed by atoms with Crippen molar-refractivity contribution < 1.29 is 23.9 Å². The Kier molecular flexibility index (Phi) is 8.22. The van der Waals surface area contributed by atoms with Crippen molar-refractivity contribution in [1.82, 2.24) is 14.8 Å². The zero-order chi connectivity index (χ0) is 26.6. The average Bonchev–Trinajstić information content (AvgIpc) is 2.80. The molecular weight excluding hydrogens is 460 g/mol. The number of rotatable bonds is 5. The summed E-state index contributed by atoms with van der Waals surface area (Å²) in [6.45, 7) is 12.0. The number of hydrogen-bond donors (Lipinski definition) is 1. The van der Waals surface area contributed by atoms with Gasteiger partial charge in [0.1, 0.15) is 17.4 Å². The van der Waals surface area contributed by atoms with Crippen LogP contribution >= 0.6 is 0 Å². The number of fused-ring (bicyclic) bond motifs is 1. The summed E-state index contributed by atoms with van der Waals surface area (Å²) >= 11 is 0. The lowest BCUT2D eigenvalue weighted by Gasteiger charge is -2.38. The van der Waals surface area contributed by atoms with E-state index in [4.69, 9.17) is 9.47 Å². The number of carbonyl (C=O) groups excluding carboxylic acids is 3. The SMILES string of the molecule is CC(C)N1C[C@H](C)[C@@H](CN(C)C(=O)OC(C)(C)C)Oc2c(NC(=O)c3ccccn3)cccc2C1=O. The molecule has 194 valence electrons. The lowest BCUT2D eigenvalue weighted by molar-refractivity contribution is 0.0131. The molecule has 1 aromatic heterocycles. The van der Waals surface area contributed by atoms with Gasteiger partial charge in [-0.05, 0) is 58.9 Å². The fourth-order valence-electron chi connectivity index (χ4n) is 3.89. The zero-order valence-electron chi connectivity index (χ0n) is 22.1. The second-order valence-electron chi connectivity index (χ2n) is 10.4. The first-order chi connectivity index (χ1) is 16.9. The second-order valence-corrected chi connectivity index (χ2v) is 10.4. The van der Waals surface area contributed by atoms with Gasteiger partial charge in [-0.3, -0.25) is 14.6 Å². The quantitative estimate of drug-likeness (QED) is 0.656. The van der Waals surface area contributed by atoms with Gasteiger partial charge in [-0.1, -0.05) is 19.1 Å². The number of likely N-dealkylation sites (N-methyl/N-ethyl adjacent to an activating group) is 1. The highest BCUT2D eigenvalue weighted by Gasteiger charge is 2.35. The van der Waals surface area contributed by atoms with Crippen LogP contribution in [0.1, 0.15) is 62.4 Å². The molecule has 1 aliphatic rings. The first-order valence-electron chi connectivity index (χ1n) is 12.1. The van der Waals surface area contributed by atoms with Gasteiger partial charge >= 0.3 is 6.09 Å². The molecule has 2 heterocycles. The van der Waals surface area contributed by atoms with Crippen LogP contribution in [0, 0.1) is 5.92 Å². The summed E-state index contributed by atoms with van der Waals surface area (Å²) in [6.07, 6.45) is 0.604. The Morgan fingerprint density at radius 2 is 1.94 bits per heavy atom. The van der Waals surface area contributed by atoms with Gasteiger partial charge in [0.05, 0.1) is 17.8 Å². The maximum Gasteiger partial charge on any atom is 0.410 e. The largest absolute Gasteiger partial charge is 0.485 e. The van der Waals surface area contributed by atoms with Crippen molar-refractivity contribution in [3.63, 3.8) is 0 Å². The van der Waals surface area contributed by atoms with Gasteiger partial charge in [-0.15, -0.1) is 0 Å². The van der Waals surface area contributed by atoms with E-state index in [0.29, 0.717) is 17.8 Å². The number of aromatic nitrogens is 1. The Morgan fingerprint density at radius 1 is 1.22 bits per heavy atom. The highest BCUT2D eigenvalue weighted by Crippen LogP contribution is 2.35. The Labute approximate surface area is 212 Å². The minimum Gasteiger partial charge on any atom is -0.485 e. The molecule has 1 aromatic carbocycles. The molecule has 2 atom stereocenters. The molecule has 0 unspecified atom stereocenters. The van der Waals surface area contributed by atoms with E-state index < -0.39 is 23.7 Å². The Hall–Kier alpha value is -3.62. The van der Waals surface area contributed by atoms with Crippen LogP contribution in [0.5, 0.6) is 5.75 Å². The third-order valence-corrected chi connectivity index (χ3v) is 5.82. The highest BCUT2D eigenvalue weighted by atomic mass is 16.6. The summed E-state index contributed by atoms with van der Waals surface area (Å²) in [5, 5.41) is 2.84. The molecular formula is C27H36N4O5. The van der Waals surface area contributed by atoms with Crippen molar-refractivity contribution in [3.8, 4) is 5.75 Å². The van der Waals surface area contributed by atoms with Crippen molar-refractivity contribution >= 4 is 23.6 Å². The summed E-state index contributed by atoms with van der Waals surface area (Å²) in [5.74, 6) is -0.446. The van der Waals surface area contributed by atoms with Gasteiger partial charge in [-0.25, -0.2) is 4.79 Å². The number of hydrogen-bond acceptors (Lipinski definition) is 6. The summed E-state index contributed by atoms with van der Waals surface area (Å²) < 4.78 is 11.9. The van der Waals surface area contributed by atoms with Gasteiger partial charge in [0.25, 0.3) is 11.8 Å². The number of ether oxygens (including phenoxy) is 2. The van der Waals surface area contributed by atoms with Crippen molar-refractivity contribution in [2.75, 3.05) is 25.5 Å². The molecule has 36 heavy (non-hydrogen) atoms. The molecule has 0 saturated carbocycles. The number of amides is 3. The number of nitrogens with one attached hydrogen (secondary N) is 1. The molecule has 1 N–H and O–H groups in total. The van der Waals surface area contributed by atoms with Crippen LogP contribution in [0.3, 0.4) is 0 Å². The molecule has 0 aliphatic carbocycles. The first kappa shape index (κ1) is 27.0. The van der Waals surface area contributed by atoms with Crippen molar-refractivity contribution in [1.29, 1.82) is 0 Å². The standard InChI is InChI=1S/C27H36N4O5/c1-17(2)31-15-18(3)22(16-30(7)26(34)36-27(4,5)6)35-23-19(25(31)33)11-10-13-20(23)29-24(32)21-12-8-9-14-28-21/h8-14,17-18,22H,15-16H2,1-7H3,(H,29,32)/t18-,22+/m0/s1. The maximum absolute atomic E-state index is 13.5. The number of carbonyl (C=O) groups is 3. The van der Waals surface area contributed by atoms with E-state index >= 15 is 0 Å². The normalized spacial score (nSPS) is 18.0. The molecule has 2 aromatic rings. The van der Waals surface area contributed by atoms with E-state index in [0.717, 1.165) is 0 Å². The minimum atomic E-state index is -0.630.